The zero-order chi connectivity index (χ0) is 64.1. The molecule has 6 fully saturated rings. The van der Waals surface area contributed by atoms with Gasteiger partial charge in [-0.15, -0.1) is 11.8 Å². The van der Waals surface area contributed by atoms with Crippen molar-refractivity contribution in [3.63, 3.8) is 0 Å². The number of hydrogen-bond acceptors (Lipinski definition) is 18. The number of morpholine rings is 2. The molecule has 0 radical (unpaired) electrons. The molecule has 0 aromatic heterocycles. The Morgan fingerprint density at radius 2 is 0.978 bits per heavy atom. The van der Waals surface area contributed by atoms with Gasteiger partial charge in [0.25, 0.3) is 0 Å². The summed E-state index contributed by atoms with van der Waals surface area (Å²) in [4.78, 5) is 91.0. The number of thiocarbonyl (C=S) groups is 2. The van der Waals surface area contributed by atoms with E-state index in [1.54, 1.807) is 45.8 Å². The van der Waals surface area contributed by atoms with E-state index >= 15 is 4.39 Å². The van der Waals surface area contributed by atoms with Gasteiger partial charge in [-0.3, -0.25) is 38.8 Å². The first-order chi connectivity index (χ1) is 43.5. The van der Waals surface area contributed by atoms with Crippen molar-refractivity contribution in [1.82, 2.24) is 24.9 Å². The number of carbonyl (C=O) groups excluding carboxylic acids is 6. The molecule has 0 spiro atoms. The van der Waals surface area contributed by atoms with Crippen molar-refractivity contribution in [2.24, 2.45) is 5.73 Å². The van der Waals surface area contributed by atoms with Crippen LogP contribution in [-0.2, 0) is 41.6 Å². The van der Waals surface area contributed by atoms with Gasteiger partial charge < -0.3 is 49.6 Å². The van der Waals surface area contributed by atoms with Gasteiger partial charge in [-0.2, -0.15) is 0 Å². The highest BCUT2D eigenvalue weighted by Crippen LogP contribution is 2.31. The Kier molecular flexibility index (Phi) is 26.6. The predicted octanol–water partition coefficient (Wildman–Crippen LogP) is 7.96. The largest absolute Gasteiger partial charge is 0.443 e. The van der Waals surface area contributed by atoms with Crippen LogP contribution >= 0.6 is 36.2 Å². The fourth-order valence-corrected chi connectivity index (χ4v) is 11.5. The van der Waals surface area contributed by atoms with Gasteiger partial charge in [0.05, 0.1) is 73.8 Å². The zero-order valence-corrected chi connectivity index (χ0v) is 54.2. The van der Waals surface area contributed by atoms with Crippen LogP contribution in [0.3, 0.4) is 0 Å². The van der Waals surface area contributed by atoms with Crippen LogP contribution in [0.1, 0.15) is 84.2 Å². The molecule has 0 saturated carbocycles. The predicted molar refractivity (Wildman–Crippen MR) is 354 cm³/mol. The van der Waals surface area contributed by atoms with Crippen molar-refractivity contribution in [1.29, 1.82) is 0 Å². The van der Waals surface area contributed by atoms with E-state index < -0.39 is 29.9 Å². The molecule has 4 amide bonds. The summed E-state index contributed by atoms with van der Waals surface area (Å²) in [6.07, 6.45) is 2.51. The Labute approximate surface area is 541 Å². The van der Waals surface area contributed by atoms with E-state index in [-0.39, 0.29) is 68.3 Å². The third-order valence-corrected chi connectivity index (χ3v) is 18.5. The van der Waals surface area contributed by atoms with Crippen LogP contribution in [0, 0.1) is 11.6 Å². The average molecular weight is 1300 g/mol. The molecule has 0 bridgehead atoms. The minimum Gasteiger partial charge on any atom is -0.443 e. The quantitative estimate of drug-likeness (QED) is 0.0600. The van der Waals surface area contributed by atoms with E-state index in [1.165, 1.54) is 21.9 Å². The van der Waals surface area contributed by atoms with Crippen LogP contribution in [0.5, 0.6) is 0 Å². The van der Waals surface area contributed by atoms with E-state index in [1.807, 2.05) is 71.5 Å². The first-order valence-electron chi connectivity index (χ1n) is 31.0. The lowest BCUT2D eigenvalue weighted by Gasteiger charge is -2.36. The van der Waals surface area contributed by atoms with Gasteiger partial charge >= 0.3 is 12.2 Å². The SMILES string of the molecule is CCC(=S)NC[C@H]1CN(c2ccc(N3CCN(C(=O)CCC(=O)c4ccc(CN5CCOCC5)cc4)CC3)c(F)c2)C(=O)O1.CCC(=S)SC.NC[C@H]1CN(c2ccc(N3CCN(C(=O)CCC(=O)c4ccc(CN5CCOCC5)cc4)CC3)c(F)c2)C(=O)O1. The molecule has 0 aliphatic carbocycles. The average Bonchev–Trinajstić information content (AvgIpc) is 1.83. The van der Waals surface area contributed by atoms with Crippen molar-refractivity contribution in [3.05, 3.63) is 119 Å². The molecule has 4 aromatic carbocycles. The summed E-state index contributed by atoms with van der Waals surface area (Å²) in [5, 5.41) is 3.07. The maximum absolute atomic E-state index is 15.2. The van der Waals surface area contributed by atoms with Crippen molar-refractivity contribution in [2.75, 3.05) is 157 Å². The lowest BCUT2D eigenvalue weighted by atomic mass is 10.0. The summed E-state index contributed by atoms with van der Waals surface area (Å²) in [5.41, 5.74) is 10.8. The highest BCUT2D eigenvalue weighted by atomic mass is 32.2. The number of ketones is 2. The van der Waals surface area contributed by atoms with Crippen LogP contribution in [0.2, 0.25) is 0 Å². The number of nitrogens with one attached hydrogen (secondary N) is 1. The molecular formula is C65H84F2N10O10S3. The number of carbonyl (C=O) groups is 6. The summed E-state index contributed by atoms with van der Waals surface area (Å²) in [6.45, 7) is 17.2. The lowest BCUT2D eigenvalue weighted by molar-refractivity contribution is -0.132. The number of hydrogen-bond donors (Lipinski definition) is 2. The number of nitrogens with two attached hydrogens (primary N) is 1. The molecular weight excluding hydrogens is 1210 g/mol. The number of Topliss-reactive ketones (excluding diaryl/α,β-unsaturated/α-hetero) is 2. The van der Waals surface area contributed by atoms with E-state index in [0.717, 1.165) is 87.4 Å². The second-order valence-electron chi connectivity index (χ2n) is 22.6. The number of piperazine rings is 2. The fraction of sp³-hybridized carbons (Fsp3) is 0.508. The molecule has 6 heterocycles. The maximum atomic E-state index is 15.2. The smallest absolute Gasteiger partial charge is 0.414 e. The summed E-state index contributed by atoms with van der Waals surface area (Å²) in [5.74, 6) is -1.13. The van der Waals surface area contributed by atoms with Gasteiger partial charge in [-0.1, -0.05) is 86.8 Å². The summed E-state index contributed by atoms with van der Waals surface area (Å²) >= 11 is 11.6. The second-order valence-corrected chi connectivity index (χ2v) is 24.7. The summed E-state index contributed by atoms with van der Waals surface area (Å²) in [6, 6.07) is 24.7. The van der Waals surface area contributed by atoms with Gasteiger partial charge in [0.15, 0.2) is 11.6 Å². The Morgan fingerprint density at radius 3 is 1.33 bits per heavy atom. The molecule has 3 N–H and O–H groups in total. The van der Waals surface area contributed by atoms with Gasteiger partial charge in [0.2, 0.25) is 11.8 Å². The number of benzene rings is 4. The van der Waals surface area contributed by atoms with Gasteiger partial charge in [-0.05, 0) is 66.6 Å². The summed E-state index contributed by atoms with van der Waals surface area (Å²) in [7, 11) is 0. The van der Waals surface area contributed by atoms with Crippen LogP contribution in [0.15, 0.2) is 84.9 Å². The zero-order valence-electron chi connectivity index (χ0n) is 51.8. The maximum Gasteiger partial charge on any atom is 0.414 e. The van der Waals surface area contributed by atoms with Crippen LogP contribution in [-0.4, -0.2) is 214 Å². The number of anilines is 4. The number of nitrogens with zero attached hydrogens (tertiary/aromatic N) is 8. The van der Waals surface area contributed by atoms with E-state index in [9.17, 15) is 33.2 Å². The highest BCUT2D eigenvalue weighted by Gasteiger charge is 2.35. The first-order valence-corrected chi connectivity index (χ1v) is 33.1. The lowest BCUT2D eigenvalue weighted by Crippen LogP contribution is -2.49. The van der Waals surface area contributed by atoms with Gasteiger partial charge in [0, 0.05) is 139 Å². The Hall–Kier alpha value is -6.71. The Balaban J connectivity index is 0.000000214. The molecule has 25 heteroatoms. The molecule has 10 rings (SSSR count). The van der Waals surface area contributed by atoms with Crippen LogP contribution in [0.25, 0.3) is 0 Å². The fourth-order valence-electron chi connectivity index (χ4n) is 11.1. The molecule has 0 unspecified atom stereocenters. The highest BCUT2D eigenvalue weighted by molar-refractivity contribution is 8.22. The Morgan fingerprint density at radius 1 is 0.567 bits per heavy atom. The molecule has 6 aliphatic heterocycles. The van der Waals surface area contributed by atoms with Crippen molar-refractivity contribution in [3.8, 4) is 0 Å². The Bertz CT molecular complexity index is 3100. The molecule has 6 aliphatic rings. The van der Waals surface area contributed by atoms with Gasteiger partial charge in [-0.25, -0.2) is 18.4 Å². The van der Waals surface area contributed by atoms with Crippen molar-refractivity contribution >= 4 is 104 Å². The number of ether oxygens (including phenoxy) is 4. The number of amides is 4. The van der Waals surface area contributed by atoms with E-state index in [4.69, 9.17) is 49.1 Å². The van der Waals surface area contributed by atoms with Crippen LogP contribution < -0.4 is 30.7 Å². The van der Waals surface area contributed by atoms with Crippen LogP contribution in [0.4, 0.5) is 41.1 Å². The van der Waals surface area contributed by atoms with E-state index in [0.29, 0.717) is 111 Å². The first kappa shape index (κ1) is 69.2. The van der Waals surface area contributed by atoms with Crippen molar-refractivity contribution in [2.45, 2.75) is 77.7 Å². The number of rotatable bonds is 21. The van der Waals surface area contributed by atoms with E-state index in [2.05, 4.69) is 22.0 Å². The monoisotopic (exact) mass is 1300 g/mol. The minimum absolute atomic E-state index is 0.0493. The normalized spacial score (nSPS) is 18.9. The second kappa shape index (κ2) is 34.6. The third-order valence-electron chi connectivity index (χ3n) is 16.5. The third kappa shape index (κ3) is 19.9. The molecule has 2 atom stereocenters. The van der Waals surface area contributed by atoms with Gasteiger partial charge in [0.1, 0.15) is 23.8 Å². The standard InChI is InChI=1S/C32H40FN5O5S.C29H36FN5O5.C4H8S2/c1-2-30(44)34-20-26-22-38(32(41)43-26)25-7-8-28(27(33)19-25)36-11-13-37(14-12-36)31(40)10-9-29(39)24-5-3-23(4-6-24)21-35-15-17-42-18-16-35;30-25-17-23(35-20-24(18-31)40-29(35)38)5-6-26(25)33-9-11-34(12-10-33)28(37)8-7-27(36)22-3-1-21(2-4-22)19-32-13-15-39-16-14-32;1-3-4(5)6-2/h3-8,19,26H,2,9-18,20-22H2,1H3,(H,34,44);1-6,17,24H,7-16,18-20,31H2;3H2,1-2H3/t26-;24-;/m00./s1. The molecule has 6 saturated heterocycles. The number of thioether (sulfide) groups is 1. The molecule has 486 valence electrons. The molecule has 20 nitrogen and oxygen atoms in total. The number of halogens is 2. The molecule has 4 aromatic rings. The summed E-state index contributed by atoms with van der Waals surface area (Å²) < 4.78 is 52.6. The topological polar surface area (TPSA) is 203 Å². The number of cyclic esters (lactones) is 2. The molecule has 90 heavy (non-hydrogen) atoms. The minimum atomic E-state index is -0.533. The van der Waals surface area contributed by atoms with Crippen molar-refractivity contribution < 1.29 is 56.5 Å².